The molecule has 0 atom stereocenters. The zero-order chi connectivity index (χ0) is 16.2. The van der Waals surface area contributed by atoms with Crippen molar-refractivity contribution in [2.45, 2.75) is 18.7 Å². The van der Waals surface area contributed by atoms with Crippen LogP contribution in [0.1, 0.15) is 24.2 Å². The van der Waals surface area contributed by atoms with E-state index in [0.29, 0.717) is 18.8 Å². The van der Waals surface area contributed by atoms with Crippen molar-refractivity contribution in [1.82, 2.24) is 5.32 Å². The highest BCUT2D eigenvalue weighted by Gasteiger charge is 2.19. The lowest BCUT2D eigenvalue weighted by Gasteiger charge is -2.23. The van der Waals surface area contributed by atoms with Gasteiger partial charge in [0.05, 0.1) is 10.6 Å². The first-order chi connectivity index (χ1) is 9.70. The van der Waals surface area contributed by atoms with Gasteiger partial charge in [0.15, 0.2) is 15.8 Å². The third-order valence-electron chi connectivity index (χ3n) is 2.97. The number of benzene rings is 1. The zero-order valence-corrected chi connectivity index (χ0v) is 14.3. The number of halogens is 1. The molecule has 0 aliphatic rings. The quantitative estimate of drug-likeness (QED) is 0.541. The third kappa shape index (κ3) is 4.88. The molecule has 4 N–H and O–H groups in total. The lowest BCUT2D eigenvalue weighted by Crippen LogP contribution is -2.35. The summed E-state index contributed by atoms with van der Waals surface area (Å²) in [4.78, 5) is 13.8. The van der Waals surface area contributed by atoms with Crippen molar-refractivity contribution >= 4 is 39.8 Å². The molecule has 0 fully saturated rings. The summed E-state index contributed by atoms with van der Waals surface area (Å²) >= 11 is 0. The van der Waals surface area contributed by atoms with E-state index in [1.54, 1.807) is 6.07 Å². The Hall–Kier alpha value is -1.80. The second-order valence-electron chi connectivity index (χ2n) is 4.49. The number of guanidine groups is 1. The van der Waals surface area contributed by atoms with Crippen LogP contribution in [0.25, 0.3) is 0 Å². The minimum atomic E-state index is -3.49. The fourth-order valence-corrected chi connectivity index (χ4v) is 2.89. The Labute approximate surface area is 136 Å². The Morgan fingerprint density at radius 2 is 1.86 bits per heavy atom. The summed E-state index contributed by atoms with van der Waals surface area (Å²) in [7, 11) is -3.49. The predicted molar refractivity (Wildman–Crippen MR) is 89.7 cm³/mol. The third-order valence-corrected chi connectivity index (χ3v) is 4.10. The van der Waals surface area contributed by atoms with Gasteiger partial charge in [-0.1, -0.05) is 0 Å². The lowest BCUT2D eigenvalue weighted by molar-refractivity contribution is 0.0976. The highest BCUT2D eigenvalue weighted by atomic mass is 35.5. The number of nitrogens with zero attached hydrogens (tertiary/aromatic N) is 1. The van der Waals surface area contributed by atoms with E-state index in [2.05, 4.69) is 5.32 Å². The van der Waals surface area contributed by atoms with Crippen molar-refractivity contribution in [1.29, 1.82) is 5.41 Å². The molecule has 0 unspecified atom stereocenters. The van der Waals surface area contributed by atoms with Gasteiger partial charge in [-0.3, -0.25) is 15.5 Å². The molecule has 0 bridgehead atoms. The van der Waals surface area contributed by atoms with Crippen molar-refractivity contribution in [2.24, 2.45) is 5.73 Å². The van der Waals surface area contributed by atoms with Crippen LogP contribution in [0, 0.1) is 5.41 Å². The van der Waals surface area contributed by atoms with Crippen molar-refractivity contribution in [2.75, 3.05) is 24.2 Å². The largest absolute Gasteiger partial charge is 0.371 e. The van der Waals surface area contributed by atoms with Crippen molar-refractivity contribution < 1.29 is 13.2 Å². The molecule has 0 spiro atoms. The second-order valence-corrected chi connectivity index (χ2v) is 6.48. The molecule has 0 heterocycles. The molecule has 0 aromatic heterocycles. The number of amides is 1. The van der Waals surface area contributed by atoms with Gasteiger partial charge in [-0.15, -0.1) is 12.4 Å². The smallest absolute Gasteiger partial charge is 0.257 e. The van der Waals surface area contributed by atoms with Crippen molar-refractivity contribution in [3.63, 3.8) is 0 Å². The van der Waals surface area contributed by atoms with Gasteiger partial charge in [-0.25, -0.2) is 8.42 Å². The number of carbonyl (C=O) groups is 1. The Kier molecular flexibility index (Phi) is 7.34. The zero-order valence-electron chi connectivity index (χ0n) is 12.7. The fourth-order valence-electron chi connectivity index (χ4n) is 1.97. The van der Waals surface area contributed by atoms with Crippen molar-refractivity contribution in [3.8, 4) is 0 Å². The van der Waals surface area contributed by atoms with Gasteiger partial charge in [0.25, 0.3) is 5.91 Å². The molecule has 1 rings (SSSR count). The highest BCUT2D eigenvalue weighted by molar-refractivity contribution is 7.90. The molecule has 0 saturated heterocycles. The van der Waals surface area contributed by atoms with E-state index in [4.69, 9.17) is 11.1 Å². The highest BCUT2D eigenvalue weighted by Crippen LogP contribution is 2.26. The van der Waals surface area contributed by atoms with Crippen LogP contribution < -0.4 is 16.0 Å². The summed E-state index contributed by atoms with van der Waals surface area (Å²) in [6.07, 6.45) is 1.10. The monoisotopic (exact) mass is 348 g/mol. The molecule has 9 heteroatoms. The maximum atomic E-state index is 12.0. The average Bonchev–Trinajstić information content (AvgIpc) is 2.38. The summed E-state index contributed by atoms with van der Waals surface area (Å²) in [5.41, 5.74) is 5.80. The maximum Gasteiger partial charge on any atom is 0.257 e. The molecular weight excluding hydrogens is 328 g/mol. The standard InChI is InChI=1S/C13H20N4O3S.ClH/c1-4-17(5-2)10-7-6-9(12(18)16-13(14)15)8-11(10)21(3,19)20;/h6-8H,4-5H2,1-3H3,(H4,14,15,16,18);1H. The van der Waals surface area contributed by atoms with Crippen LogP contribution in [0.15, 0.2) is 23.1 Å². The molecule has 1 aromatic carbocycles. The van der Waals surface area contributed by atoms with Crippen LogP contribution in [0.3, 0.4) is 0 Å². The molecule has 1 aromatic rings. The van der Waals surface area contributed by atoms with Crippen LogP contribution in [-0.4, -0.2) is 39.6 Å². The minimum absolute atomic E-state index is 0. The predicted octanol–water partition coefficient (Wildman–Crippen LogP) is 0.981. The van der Waals surface area contributed by atoms with Gasteiger partial charge in [0, 0.05) is 24.9 Å². The number of hydrogen-bond acceptors (Lipinski definition) is 5. The van der Waals surface area contributed by atoms with E-state index in [0.717, 1.165) is 6.26 Å². The summed E-state index contributed by atoms with van der Waals surface area (Å²) in [5.74, 6) is -1.10. The second kappa shape index (κ2) is 8.00. The first-order valence-corrected chi connectivity index (χ1v) is 8.34. The van der Waals surface area contributed by atoms with Crippen LogP contribution in [0.5, 0.6) is 0 Å². The fraction of sp³-hybridized carbons (Fsp3) is 0.385. The number of hydrogen-bond donors (Lipinski definition) is 3. The first kappa shape index (κ1) is 20.2. The van der Waals surface area contributed by atoms with Gasteiger partial charge in [-0.2, -0.15) is 0 Å². The van der Waals surface area contributed by atoms with E-state index in [-0.39, 0.29) is 22.9 Å². The molecule has 0 saturated carbocycles. The number of nitrogens with one attached hydrogen (secondary N) is 2. The Morgan fingerprint density at radius 1 is 1.32 bits per heavy atom. The molecule has 0 radical (unpaired) electrons. The van der Waals surface area contributed by atoms with Crippen LogP contribution >= 0.6 is 12.4 Å². The molecule has 0 aliphatic heterocycles. The Morgan fingerprint density at radius 3 is 2.27 bits per heavy atom. The average molecular weight is 349 g/mol. The van der Waals surface area contributed by atoms with Crippen LogP contribution in [0.2, 0.25) is 0 Å². The van der Waals surface area contributed by atoms with Crippen LogP contribution in [-0.2, 0) is 9.84 Å². The summed E-state index contributed by atoms with van der Waals surface area (Å²) in [6.45, 7) is 5.15. The van der Waals surface area contributed by atoms with Crippen LogP contribution in [0.4, 0.5) is 5.69 Å². The Balaban J connectivity index is 0.00000441. The van der Waals surface area contributed by atoms with E-state index in [1.165, 1.54) is 12.1 Å². The van der Waals surface area contributed by atoms with Crippen molar-refractivity contribution in [3.05, 3.63) is 23.8 Å². The number of nitrogens with two attached hydrogens (primary N) is 1. The molecule has 22 heavy (non-hydrogen) atoms. The summed E-state index contributed by atoms with van der Waals surface area (Å²) in [6, 6.07) is 4.42. The molecule has 1 amide bonds. The summed E-state index contributed by atoms with van der Waals surface area (Å²) in [5, 5.41) is 9.17. The summed E-state index contributed by atoms with van der Waals surface area (Å²) < 4.78 is 23.9. The van der Waals surface area contributed by atoms with Gasteiger partial charge in [0.2, 0.25) is 0 Å². The first-order valence-electron chi connectivity index (χ1n) is 6.45. The van der Waals surface area contributed by atoms with E-state index in [1.807, 2.05) is 18.7 Å². The number of carbonyl (C=O) groups excluding carboxylic acids is 1. The Bertz CT molecular complexity index is 657. The number of anilines is 1. The van der Waals surface area contributed by atoms with E-state index in [9.17, 15) is 13.2 Å². The number of rotatable bonds is 5. The lowest BCUT2D eigenvalue weighted by atomic mass is 10.1. The minimum Gasteiger partial charge on any atom is -0.371 e. The number of sulfone groups is 1. The molecule has 0 aliphatic carbocycles. The van der Waals surface area contributed by atoms with Gasteiger partial charge in [-0.05, 0) is 32.0 Å². The SMILES string of the molecule is CCN(CC)c1ccc(C(=O)NC(=N)N)cc1S(C)(=O)=O.Cl. The van der Waals surface area contributed by atoms with E-state index < -0.39 is 21.7 Å². The molecular formula is C13H21ClN4O3S. The maximum absolute atomic E-state index is 12.0. The van der Waals surface area contributed by atoms with E-state index >= 15 is 0 Å². The van der Waals surface area contributed by atoms with Gasteiger partial charge >= 0.3 is 0 Å². The molecule has 124 valence electrons. The molecule has 7 nitrogen and oxygen atoms in total. The van der Waals surface area contributed by atoms with Gasteiger partial charge < -0.3 is 10.6 Å². The normalized spacial score (nSPS) is 10.5. The topological polar surface area (TPSA) is 116 Å². The van der Waals surface area contributed by atoms with Gasteiger partial charge in [0.1, 0.15) is 0 Å².